The van der Waals surface area contributed by atoms with Gasteiger partial charge in [0.15, 0.2) is 0 Å². The van der Waals surface area contributed by atoms with Crippen LogP contribution in [-0.2, 0) is 6.42 Å². The predicted octanol–water partition coefficient (Wildman–Crippen LogP) is 6.10. The Morgan fingerprint density at radius 1 is 1.00 bits per heavy atom. The number of aromatic nitrogens is 2. The van der Waals surface area contributed by atoms with Crippen molar-refractivity contribution < 1.29 is 0 Å². The molecule has 0 amide bonds. The van der Waals surface area contributed by atoms with Crippen molar-refractivity contribution in [1.29, 1.82) is 0 Å². The molecule has 2 aromatic heterocycles. The van der Waals surface area contributed by atoms with Crippen LogP contribution in [-0.4, -0.2) is 16.5 Å². The minimum Gasteiger partial charge on any atom is -0.325 e. The summed E-state index contributed by atoms with van der Waals surface area (Å²) in [7, 11) is 0. The second-order valence-corrected chi connectivity index (χ2v) is 7.71. The Morgan fingerprint density at radius 2 is 1.85 bits per heavy atom. The van der Waals surface area contributed by atoms with Gasteiger partial charge in [0, 0.05) is 28.2 Å². The maximum absolute atomic E-state index is 6.07. The van der Waals surface area contributed by atoms with Crippen molar-refractivity contribution in [3.8, 4) is 11.1 Å². The topological polar surface area (TPSA) is 29.0 Å². The largest absolute Gasteiger partial charge is 0.325 e. The summed E-state index contributed by atoms with van der Waals surface area (Å²) in [6.07, 6.45) is 3.93. The number of anilines is 2. The van der Waals surface area contributed by atoms with Crippen LogP contribution in [0.4, 0.5) is 11.5 Å². The summed E-state index contributed by atoms with van der Waals surface area (Å²) in [4.78, 5) is 12.6. The summed E-state index contributed by atoms with van der Waals surface area (Å²) in [6, 6.07) is 16.6. The van der Waals surface area contributed by atoms with E-state index in [0.29, 0.717) is 0 Å². The van der Waals surface area contributed by atoms with Crippen molar-refractivity contribution in [1.82, 2.24) is 9.97 Å². The predicted molar refractivity (Wildman–Crippen MR) is 110 cm³/mol. The highest BCUT2D eigenvalue weighted by Gasteiger charge is 2.23. The molecule has 0 fully saturated rings. The summed E-state index contributed by atoms with van der Waals surface area (Å²) in [5, 5.41) is 4.04. The molecular formula is C21H16ClN3S. The Kier molecular flexibility index (Phi) is 3.88. The third-order valence-corrected chi connectivity index (χ3v) is 6.01. The van der Waals surface area contributed by atoms with E-state index >= 15 is 0 Å². The third kappa shape index (κ3) is 2.57. The molecule has 0 saturated carbocycles. The van der Waals surface area contributed by atoms with Crippen LogP contribution in [0.5, 0.6) is 0 Å². The zero-order chi connectivity index (χ0) is 17.5. The van der Waals surface area contributed by atoms with Gasteiger partial charge in [0.25, 0.3) is 0 Å². The second kappa shape index (κ2) is 6.38. The third-order valence-electron chi connectivity index (χ3n) is 4.87. The monoisotopic (exact) mass is 377 g/mol. The summed E-state index contributed by atoms with van der Waals surface area (Å²) in [5.41, 5.74) is 4.95. The number of benzene rings is 2. The lowest BCUT2D eigenvalue weighted by molar-refractivity contribution is 0.761. The molecule has 0 atom stereocenters. The van der Waals surface area contributed by atoms with Gasteiger partial charge in [0.05, 0.1) is 5.39 Å². The molecule has 3 heterocycles. The highest BCUT2D eigenvalue weighted by atomic mass is 35.5. The SMILES string of the molecule is Clc1ccc(-c2csc3ncnc(N4CCCc5ccccc54)c23)cc1. The van der Waals surface area contributed by atoms with Gasteiger partial charge in [-0.2, -0.15) is 0 Å². The van der Waals surface area contributed by atoms with E-state index in [4.69, 9.17) is 16.6 Å². The van der Waals surface area contributed by atoms with E-state index < -0.39 is 0 Å². The van der Waals surface area contributed by atoms with Crippen LogP contribution in [0.2, 0.25) is 5.02 Å². The van der Waals surface area contributed by atoms with Gasteiger partial charge in [-0.25, -0.2) is 9.97 Å². The van der Waals surface area contributed by atoms with Crippen molar-refractivity contribution in [3.05, 3.63) is 70.8 Å². The van der Waals surface area contributed by atoms with E-state index in [0.717, 1.165) is 46.0 Å². The highest BCUT2D eigenvalue weighted by molar-refractivity contribution is 7.17. The van der Waals surface area contributed by atoms with Crippen LogP contribution in [0, 0.1) is 0 Å². The number of fused-ring (bicyclic) bond motifs is 2. The van der Waals surface area contributed by atoms with Crippen LogP contribution in [0.15, 0.2) is 60.2 Å². The quantitative estimate of drug-likeness (QED) is 0.423. The van der Waals surface area contributed by atoms with Crippen molar-refractivity contribution in [2.24, 2.45) is 0 Å². The fourth-order valence-corrected chi connectivity index (χ4v) is 4.70. The molecule has 0 aliphatic carbocycles. The molecule has 3 nitrogen and oxygen atoms in total. The molecule has 1 aliphatic rings. The fourth-order valence-electron chi connectivity index (χ4n) is 3.66. The molecule has 0 spiro atoms. The minimum atomic E-state index is 0.745. The van der Waals surface area contributed by atoms with Crippen molar-refractivity contribution >= 4 is 44.7 Å². The molecule has 0 saturated heterocycles. The van der Waals surface area contributed by atoms with Crippen LogP contribution >= 0.6 is 22.9 Å². The molecule has 0 radical (unpaired) electrons. The summed E-state index contributed by atoms with van der Waals surface area (Å²) < 4.78 is 0. The van der Waals surface area contributed by atoms with E-state index in [2.05, 4.69) is 51.7 Å². The zero-order valence-electron chi connectivity index (χ0n) is 14.0. The number of nitrogens with zero attached hydrogens (tertiary/aromatic N) is 3. The molecule has 4 aromatic rings. The minimum absolute atomic E-state index is 0.745. The maximum atomic E-state index is 6.07. The van der Waals surface area contributed by atoms with Gasteiger partial charge in [0.1, 0.15) is 17.0 Å². The Labute approximate surface area is 160 Å². The van der Waals surface area contributed by atoms with E-state index in [9.17, 15) is 0 Å². The molecule has 26 heavy (non-hydrogen) atoms. The first kappa shape index (κ1) is 15.8. The first-order chi connectivity index (χ1) is 12.8. The molecule has 0 N–H and O–H groups in total. The summed E-state index contributed by atoms with van der Waals surface area (Å²) in [5.74, 6) is 0.994. The number of thiophene rings is 1. The molecule has 1 aliphatic heterocycles. The molecular weight excluding hydrogens is 362 g/mol. The van der Waals surface area contributed by atoms with Crippen LogP contribution < -0.4 is 4.90 Å². The van der Waals surface area contributed by atoms with Gasteiger partial charge >= 0.3 is 0 Å². The zero-order valence-corrected chi connectivity index (χ0v) is 15.6. The summed E-state index contributed by atoms with van der Waals surface area (Å²) in [6.45, 7) is 0.971. The number of rotatable bonds is 2. The number of hydrogen-bond acceptors (Lipinski definition) is 4. The molecule has 0 unspecified atom stereocenters. The Balaban J connectivity index is 1.72. The van der Waals surface area contributed by atoms with Crippen molar-refractivity contribution in [3.63, 3.8) is 0 Å². The average molecular weight is 378 g/mol. The summed E-state index contributed by atoms with van der Waals surface area (Å²) >= 11 is 7.73. The number of para-hydroxylation sites is 1. The number of hydrogen-bond donors (Lipinski definition) is 0. The number of halogens is 1. The lowest BCUT2D eigenvalue weighted by Crippen LogP contribution is -2.25. The molecule has 5 rings (SSSR count). The van der Waals surface area contributed by atoms with Crippen LogP contribution in [0.25, 0.3) is 21.3 Å². The Hall–Kier alpha value is -2.43. The van der Waals surface area contributed by atoms with Gasteiger partial charge < -0.3 is 4.90 Å². The molecule has 128 valence electrons. The highest BCUT2D eigenvalue weighted by Crippen LogP contribution is 2.41. The lowest BCUT2D eigenvalue weighted by Gasteiger charge is -2.30. The van der Waals surface area contributed by atoms with E-state index in [1.165, 1.54) is 16.8 Å². The molecule has 0 bridgehead atoms. The standard InChI is InChI=1S/C21H16ClN3S/c22-16-9-7-14(8-10-16)17-12-26-21-19(17)20(23-13-24-21)25-11-3-5-15-4-1-2-6-18(15)25/h1-2,4,6-10,12-13H,3,5,11H2. The van der Waals surface area contributed by atoms with Gasteiger partial charge in [-0.15, -0.1) is 11.3 Å². The van der Waals surface area contributed by atoms with Gasteiger partial charge in [-0.1, -0.05) is 41.9 Å². The second-order valence-electron chi connectivity index (χ2n) is 6.42. The molecule has 2 aromatic carbocycles. The Morgan fingerprint density at radius 3 is 2.73 bits per heavy atom. The maximum Gasteiger partial charge on any atom is 0.145 e. The smallest absolute Gasteiger partial charge is 0.145 e. The van der Waals surface area contributed by atoms with Gasteiger partial charge in [-0.3, -0.25) is 0 Å². The average Bonchev–Trinajstić information content (AvgIpc) is 3.12. The number of aryl methyl sites for hydroxylation is 1. The Bertz CT molecular complexity index is 1090. The molecule has 5 heteroatoms. The van der Waals surface area contributed by atoms with E-state index in [1.807, 2.05) is 12.1 Å². The first-order valence-electron chi connectivity index (χ1n) is 8.65. The lowest BCUT2D eigenvalue weighted by atomic mass is 10.0. The fraction of sp³-hybridized carbons (Fsp3) is 0.143. The van der Waals surface area contributed by atoms with Crippen LogP contribution in [0.1, 0.15) is 12.0 Å². The van der Waals surface area contributed by atoms with Gasteiger partial charge in [0.2, 0.25) is 0 Å². The van der Waals surface area contributed by atoms with Crippen LogP contribution in [0.3, 0.4) is 0 Å². The van der Waals surface area contributed by atoms with Crippen molar-refractivity contribution in [2.75, 3.05) is 11.4 Å². The normalized spacial score (nSPS) is 13.8. The first-order valence-corrected chi connectivity index (χ1v) is 9.90. The van der Waals surface area contributed by atoms with E-state index in [1.54, 1.807) is 17.7 Å². The van der Waals surface area contributed by atoms with E-state index in [-0.39, 0.29) is 0 Å². The van der Waals surface area contributed by atoms with Gasteiger partial charge in [-0.05, 0) is 42.2 Å². The van der Waals surface area contributed by atoms with Crippen molar-refractivity contribution in [2.45, 2.75) is 12.8 Å².